The standard InChI is InChI=1S/C11H23NO/c1-10-4-2-5-11(7-6-10)12-8-3-9-13/h10-13H,2-9H2,1H3. The van der Waals surface area contributed by atoms with Crippen molar-refractivity contribution in [3.8, 4) is 0 Å². The molecule has 0 aromatic rings. The Balaban J connectivity index is 2.11. The fourth-order valence-electron chi connectivity index (χ4n) is 2.08. The molecule has 1 rings (SSSR count). The molecule has 0 heterocycles. The summed E-state index contributed by atoms with van der Waals surface area (Å²) in [6.45, 7) is 3.65. The Morgan fingerprint density at radius 3 is 2.85 bits per heavy atom. The predicted molar refractivity (Wildman–Crippen MR) is 55.7 cm³/mol. The Kier molecular flexibility index (Phi) is 5.40. The predicted octanol–water partition coefficient (Wildman–Crippen LogP) is 1.93. The maximum Gasteiger partial charge on any atom is 0.0443 e. The number of rotatable bonds is 4. The third kappa shape index (κ3) is 4.63. The van der Waals surface area contributed by atoms with Crippen LogP contribution in [-0.2, 0) is 0 Å². The quantitative estimate of drug-likeness (QED) is 0.518. The summed E-state index contributed by atoms with van der Waals surface area (Å²) < 4.78 is 0. The summed E-state index contributed by atoms with van der Waals surface area (Å²) in [7, 11) is 0. The number of hydrogen-bond acceptors (Lipinski definition) is 2. The lowest BCUT2D eigenvalue weighted by Crippen LogP contribution is -2.29. The molecule has 2 unspecified atom stereocenters. The van der Waals surface area contributed by atoms with Crippen molar-refractivity contribution in [3.63, 3.8) is 0 Å². The Morgan fingerprint density at radius 2 is 2.08 bits per heavy atom. The van der Waals surface area contributed by atoms with Gasteiger partial charge in [0, 0.05) is 12.6 Å². The van der Waals surface area contributed by atoms with Gasteiger partial charge in [-0.15, -0.1) is 0 Å². The van der Waals surface area contributed by atoms with Crippen LogP contribution in [0.2, 0.25) is 0 Å². The summed E-state index contributed by atoms with van der Waals surface area (Å²) >= 11 is 0. The first-order valence-electron chi connectivity index (χ1n) is 5.67. The number of aliphatic hydroxyl groups is 1. The van der Waals surface area contributed by atoms with E-state index in [1.54, 1.807) is 0 Å². The van der Waals surface area contributed by atoms with E-state index in [1.165, 1.54) is 32.1 Å². The molecule has 1 aliphatic carbocycles. The Morgan fingerprint density at radius 1 is 1.23 bits per heavy atom. The maximum absolute atomic E-state index is 8.65. The molecule has 2 N–H and O–H groups in total. The van der Waals surface area contributed by atoms with Gasteiger partial charge in [-0.25, -0.2) is 0 Å². The molecule has 1 saturated carbocycles. The lowest BCUT2D eigenvalue weighted by atomic mass is 10.0. The van der Waals surface area contributed by atoms with Crippen LogP contribution in [-0.4, -0.2) is 24.3 Å². The zero-order valence-electron chi connectivity index (χ0n) is 8.76. The van der Waals surface area contributed by atoms with Crippen molar-refractivity contribution in [1.82, 2.24) is 5.32 Å². The minimum absolute atomic E-state index is 0.316. The SMILES string of the molecule is CC1CCCC(NCCCO)CC1. The first kappa shape index (κ1) is 11.0. The van der Waals surface area contributed by atoms with Gasteiger partial charge >= 0.3 is 0 Å². The van der Waals surface area contributed by atoms with Crippen molar-refractivity contribution in [1.29, 1.82) is 0 Å². The van der Waals surface area contributed by atoms with Crippen LogP contribution in [0.5, 0.6) is 0 Å². The van der Waals surface area contributed by atoms with Crippen molar-refractivity contribution >= 4 is 0 Å². The highest BCUT2D eigenvalue weighted by Gasteiger charge is 2.14. The van der Waals surface area contributed by atoms with E-state index >= 15 is 0 Å². The van der Waals surface area contributed by atoms with E-state index in [-0.39, 0.29) is 0 Å². The van der Waals surface area contributed by atoms with Gasteiger partial charge in [0.1, 0.15) is 0 Å². The molecule has 0 aromatic heterocycles. The minimum atomic E-state index is 0.316. The van der Waals surface area contributed by atoms with Crippen LogP contribution in [0.1, 0.15) is 45.4 Å². The molecule has 2 atom stereocenters. The third-order valence-electron chi connectivity index (χ3n) is 3.03. The van der Waals surface area contributed by atoms with Crippen molar-refractivity contribution in [2.45, 2.75) is 51.5 Å². The second kappa shape index (κ2) is 6.39. The molecule has 13 heavy (non-hydrogen) atoms. The molecule has 0 spiro atoms. The second-order valence-electron chi connectivity index (χ2n) is 4.34. The van der Waals surface area contributed by atoms with Gasteiger partial charge in [0.25, 0.3) is 0 Å². The van der Waals surface area contributed by atoms with Crippen LogP contribution < -0.4 is 5.32 Å². The summed E-state index contributed by atoms with van der Waals surface area (Å²) in [4.78, 5) is 0. The van der Waals surface area contributed by atoms with Crippen molar-refractivity contribution < 1.29 is 5.11 Å². The highest BCUT2D eigenvalue weighted by molar-refractivity contribution is 4.72. The number of hydrogen-bond donors (Lipinski definition) is 2. The average Bonchev–Trinajstić information content (AvgIpc) is 2.32. The highest BCUT2D eigenvalue weighted by atomic mass is 16.3. The van der Waals surface area contributed by atoms with E-state index < -0.39 is 0 Å². The summed E-state index contributed by atoms with van der Waals surface area (Å²) in [5, 5.41) is 12.2. The van der Waals surface area contributed by atoms with E-state index in [9.17, 15) is 0 Å². The molecule has 2 nitrogen and oxygen atoms in total. The van der Waals surface area contributed by atoms with Gasteiger partial charge in [-0.05, 0) is 38.1 Å². The molecule has 1 fully saturated rings. The van der Waals surface area contributed by atoms with Crippen molar-refractivity contribution in [2.24, 2.45) is 5.92 Å². The highest BCUT2D eigenvalue weighted by Crippen LogP contribution is 2.22. The zero-order chi connectivity index (χ0) is 9.52. The van der Waals surface area contributed by atoms with Gasteiger partial charge in [0.15, 0.2) is 0 Å². The van der Waals surface area contributed by atoms with Crippen LogP contribution in [0.15, 0.2) is 0 Å². The van der Waals surface area contributed by atoms with E-state index in [1.807, 2.05) is 0 Å². The Bertz CT molecular complexity index is 127. The molecule has 78 valence electrons. The van der Waals surface area contributed by atoms with Crippen LogP contribution in [0.25, 0.3) is 0 Å². The van der Waals surface area contributed by atoms with E-state index in [4.69, 9.17) is 5.11 Å². The topological polar surface area (TPSA) is 32.3 Å². The molecule has 1 aliphatic rings. The molecule has 0 bridgehead atoms. The maximum atomic E-state index is 8.65. The summed E-state index contributed by atoms with van der Waals surface area (Å²) in [5.41, 5.74) is 0. The molecule has 0 aliphatic heterocycles. The zero-order valence-corrected chi connectivity index (χ0v) is 8.76. The molecular weight excluding hydrogens is 162 g/mol. The fraction of sp³-hybridized carbons (Fsp3) is 1.00. The first-order chi connectivity index (χ1) is 6.33. The molecule has 0 radical (unpaired) electrons. The number of aliphatic hydroxyl groups excluding tert-OH is 1. The Hall–Kier alpha value is -0.0800. The average molecular weight is 185 g/mol. The second-order valence-corrected chi connectivity index (χ2v) is 4.34. The van der Waals surface area contributed by atoms with Gasteiger partial charge in [-0.2, -0.15) is 0 Å². The normalized spacial score (nSPS) is 30.0. The first-order valence-corrected chi connectivity index (χ1v) is 5.67. The van der Waals surface area contributed by atoms with Gasteiger partial charge in [0.05, 0.1) is 0 Å². The van der Waals surface area contributed by atoms with Gasteiger partial charge in [0.2, 0.25) is 0 Å². The van der Waals surface area contributed by atoms with E-state index in [2.05, 4.69) is 12.2 Å². The summed E-state index contributed by atoms with van der Waals surface area (Å²) in [5.74, 6) is 0.921. The van der Waals surface area contributed by atoms with Crippen LogP contribution in [0.3, 0.4) is 0 Å². The van der Waals surface area contributed by atoms with Crippen LogP contribution in [0, 0.1) is 5.92 Å². The van der Waals surface area contributed by atoms with Gasteiger partial charge in [-0.1, -0.05) is 19.8 Å². The minimum Gasteiger partial charge on any atom is -0.396 e. The largest absolute Gasteiger partial charge is 0.396 e. The van der Waals surface area contributed by atoms with E-state index in [0.717, 1.165) is 24.9 Å². The van der Waals surface area contributed by atoms with Crippen LogP contribution >= 0.6 is 0 Å². The van der Waals surface area contributed by atoms with Gasteiger partial charge < -0.3 is 10.4 Å². The summed E-state index contributed by atoms with van der Waals surface area (Å²) in [6.07, 6.45) is 7.70. The fourth-order valence-corrected chi connectivity index (χ4v) is 2.08. The summed E-state index contributed by atoms with van der Waals surface area (Å²) in [6, 6.07) is 0.719. The third-order valence-corrected chi connectivity index (χ3v) is 3.03. The molecule has 2 heteroatoms. The van der Waals surface area contributed by atoms with Gasteiger partial charge in [-0.3, -0.25) is 0 Å². The number of nitrogens with one attached hydrogen (secondary N) is 1. The lowest BCUT2D eigenvalue weighted by Gasteiger charge is -2.15. The van der Waals surface area contributed by atoms with E-state index in [0.29, 0.717) is 6.61 Å². The molecular formula is C11H23NO. The van der Waals surface area contributed by atoms with Crippen molar-refractivity contribution in [3.05, 3.63) is 0 Å². The molecule has 0 aromatic carbocycles. The van der Waals surface area contributed by atoms with Crippen molar-refractivity contribution in [2.75, 3.05) is 13.2 Å². The smallest absolute Gasteiger partial charge is 0.0443 e. The lowest BCUT2D eigenvalue weighted by molar-refractivity contribution is 0.281. The molecule has 0 saturated heterocycles. The van der Waals surface area contributed by atoms with Crippen LogP contribution in [0.4, 0.5) is 0 Å². The monoisotopic (exact) mass is 185 g/mol. The molecule has 0 amide bonds. The Labute approximate surface area is 81.7 Å².